The molecule has 4 atom stereocenters. The van der Waals surface area contributed by atoms with Crippen molar-refractivity contribution in [1.29, 1.82) is 0 Å². The molecule has 0 aliphatic heterocycles. The highest BCUT2D eigenvalue weighted by Crippen LogP contribution is 2.10. The summed E-state index contributed by atoms with van der Waals surface area (Å²) >= 11 is 3.71. The second kappa shape index (κ2) is 5.50. The maximum absolute atomic E-state index is 9.97. The van der Waals surface area contributed by atoms with Crippen molar-refractivity contribution in [2.75, 3.05) is 6.61 Å². The van der Waals surface area contributed by atoms with Crippen LogP contribution in [0.4, 0.5) is 0 Å². The van der Waals surface area contributed by atoms with Gasteiger partial charge in [0.2, 0.25) is 0 Å². The van der Waals surface area contributed by atoms with Crippen LogP contribution in [0.15, 0.2) is 0 Å². The number of carbonyl (C=O) groups excluding carboxylic acids is 1. The van der Waals surface area contributed by atoms with Gasteiger partial charge < -0.3 is 25.2 Å². The molecule has 12 heavy (non-hydrogen) atoms. The molecular formula is C6H12O5S. The van der Waals surface area contributed by atoms with Gasteiger partial charge in [-0.05, 0) is 0 Å². The molecule has 72 valence electrons. The number of hydrogen-bond donors (Lipinski definition) is 5. The zero-order valence-corrected chi connectivity index (χ0v) is 7.13. The SMILES string of the molecule is O=C[C@@H](O)[C@@H](O)[C@H](S)[C@H](O)CO. The third-order valence-corrected chi connectivity index (χ3v) is 2.07. The van der Waals surface area contributed by atoms with Gasteiger partial charge in [-0.1, -0.05) is 0 Å². The summed E-state index contributed by atoms with van der Waals surface area (Å²) in [6.45, 7) is -0.587. The van der Waals surface area contributed by atoms with Gasteiger partial charge in [0, 0.05) is 0 Å². The predicted molar refractivity (Wildman–Crippen MR) is 43.9 cm³/mol. The van der Waals surface area contributed by atoms with Crippen LogP contribution in [0.3, 0.4) is 0 Å². The van der Waals surface area contributed by atoms with Crippen molar-refractivity contribution in [2.45, 2.75) is 23.6 Å². The third-order valence-electron chi connectivity index (χ3n) is 1.42. The highest BCUT2D eigenvalue weighted by Gasteiger charge is 2.28. The molecule has 0 aromatic rings. The fourth-order valence-corrected chi connectivity index (χ4v) is 0.889. The van der Waals surface area contributed by atoms with Gasteiger partial charge in [0.05, 0.1) is 18.0 Å². The molecule has 0 bridgehead atoms. The highest BCUT2D eigenvalue weighted by molar-refractivity contribution is 7.81. The van der Waals surface area contributed by atoms with E-state index in [0.717, 1.165) is 0 Å². The molecule has 0 rings (SSSR count). The molecule has 0 aromatic heterocycles. The second-order valence-electron chi connectivity index (χ2n) is 2.36. The fraction of sp³-hybridized carbons (Fsp3) is 0.833. The van der Waals surface area contributed by atoms with Crippen LogP contribution in [0, 0.1) is 0 Å². The first-order chi connectivity index (χ1) is 5.54. The number of aldehydes is 1. The molecule has 5 nitrogen and oxygen atoms in total. The van der Waals surface area contributed by atoms with E-state index in [1.54, 1.807) is 0 Å². The average molecular weight is 196 g/mol. The van der Waals surface area contributed by atoms with Crippen LogP contribution in [0.2, 0.25) is 0 Å². The van der Waals surface area contributed by atoms with Crippen LogP contribution in [0.1, 0.15) is 0 Å². The van der Waals surface area contributed by atoms with Gasteiger partial charge in [-0.3, -0.25) is 0 Å². The van der Waals surface area contributed by atoms with Crippen molar-refractivity contribution in [1.82, 2.24) is 0 Å². The fourth-order valence-electron chi connectivity index (χ4n) is 0.618. The first-order valence-corrected chi connectivity index (χ1v) is 3.84. The normalized spacial score (nSPS) is 21.1. The van der Waals surface area contributed by atoms with Crippen LogP contribution < -0.4 is 0 Å². The summed E-state index contributed by atoms with van der Waals surface area (Å²) in [6.07, 6.45) is -4.20. The molecule has 0 fully saturated rings. The first kappa shape index (κ1) is 11.9. The van der Waals surface area contributed by atoms with E-state index in [1.807, 2.05) is 0 Å². The van der Waals surface area contributed by atoms with Gasteiger partial charge in [0.15, 0.2) is 6.29 Å². The Kier molecular flexibility index (Phi) is 5.43. The molecule has 0 unspecified atom stereocenters. The van der Waals surface area contributed by atoms with Gasteiger partial charge >= 0.3 is 0 Å². The average Bonchev–Trinajstić information content (AvgIpc) is 2.12. The highest BCUT2D eigenvalue weighted by atomic mass is 32.1. The van der Waals surface area contributed by atoms with Crippen LogP contribution >= 0.6 is 12.6 Å². The minimum absolute atomic E-state index is 0.137. The molecule has 0 amide bonds. The molecule has 0 aliphatic carbocycles. The quantitative estimate of drug-likeness (QED) is 0.248. The van der Waals surface area contributed by atoms with Gasteiger partial charge in [-0.2, -0.15) is 12.6 Å². The van der Waals surface area contributed by atoms with Crippen molar-refractivity contribution >= 4 is 18.9 Å². The standard InChI is InChI=1S/C6H12O5S/c7-1-3(9)5(11)6(12)4(10)2-8/h1,3-6,8-12H,2H2/t3-,4-,5-,6-/m1/s1. The van der Waals surface area contributed by atoms with E-state index < -0.39 is 30.2 Å². The van der Waals surface area contributed by atoms with Gasteiger partial charge in [0.25, 0.3) is 0 Å². The van der Waals surface area contributed by atoms with Crippen molar-refractivity contribution in [3.8, 4) is 0 Å². The molecule has 0 heterocycles. The number of rotatable bonds is 5. The Bertz CT molecular complexity index is 142. The molecular weight excluding hydrogens is 184 g/mol. The first-order valence-electron chi connectivity index (χ1n) is 3.33. The lowest BCUT2D eigenvalue weighted by atomic mass is 10.1. The summed E-state index contributed by atoms with van der Waals surface area (Å²) in [5.74, 6) is 0. The number of aliphatic hydroxyl groups excluding tert-OH is 4. The van der Waals surface area contributed by atoms with E-state index in [9.17, 15) is 4.79 Å². The lowest BCUT2D eigenvalue weighted by Gasteiger charge is -2.22. The molecule has 0 saturated heterocycles. The Balaban J connectivity index is 4.07. The van der Waals surface area contributed by atoms with E-state index in [0.29, 0.717) is 0 Å². The van der Waals surface area contributed by atoms with Crippen molar-refractivity contribution in [3.05, 3.63) is 0 Å². The smallest absolute Gasteiger partial charge is 0.151 e. The number of thiol groups is 1. The van der Waals surface area contributed by atoms with Crippen molar-refractivity contribution < 1.29 is 25.2 Å². The van der Waals surface area contributed by atoms with Crippen LogP contribution in [-0.4, -0.2) is 56.9 Å². The summed E-state index contributed by atoms with van der Waals surface area (Å²) in [6, 6.07) is 0. The maximum Gasteiger partial charge on any atom is 0.151 e. The topological polar surface area (TPSA) is 98.0 Å². The molecule has 0 aromatic carbocycles. The van der Waals surface area contributed by atoms with E-state index in [2.05, 4.69) is 12.6 Å². The molecule has 0 spiro atoms. The Morgan fingerprint density at radius 1 is 1.33 bits per heavy atom. The lowest BCUT2D eigenvalue weighted by molar-refractivity contribution is -0.121. The lowest BCUT2D eigenvalue weighted by Crippen LogP contribution is -2.43. The molecule has 0 saturated carbocycles. The molecule has 0 aliphatic rings. The Morgan fingerprint density at radius 3 is 2.17 bits per heavy atom. The molecule has 4 N–H and O–H groups in total. The van der Waals surface area contributed by atoms with E-state index in [1.165, 1.54) is 0 Å². The van der Waals surface area contributed by atoms with Crippen LogP contribution in [-0.2, 0) is 4.79 Å². The monoisotopic (exact) mass is 196 g/mol. The summed E-state index contributed by atoms with van der Waals surface area (Å²) in [4.78, 5) is 9.97. The number of aliphatic hydroxyl groups is 4. The Labute approximate surface area is 75.1 Å². The zero-order chi connectivity index (χ0) is 9.72. The molecule has 6 heteroatoms. The summed E-state index contributed by atoms with van der Waals surface area (Å²) in [7, 11) is 0. The van der Waals surface area contributed by atoms with E-state index in [-0.39, 0.29) is 6.29 Å². The van der Waals surface area contributed by atoms with E-state index >= 15 is 0 Å². The van der Waals surface area contributed by atoms with Gasteiger partial charge in [-0.25, -0.2) is 0 Å². The summed E-state index contributed by atoms with van der Waals surface area (Å²) in [5, 5.41) is 34.2. The van der Waals surface area contributed by atoms with E-state index in [4.69, 9.17) is 20.4 Å². The van der Waals surface area contributed by atoms with Gasteiger partial charge in [0.1, 0.15) is 12.2 Å². The van der Waals surface area contributed by atoms with Crippen LogP contribution in [0.25, 0.3) is 0 Å². The van der Waals surface area contributed by atoms with Crippen LogP contribution in [0.5, 0.6) is 0 Å². The van der Waals surface area contributed by atoms with Crippen molar-refractivity contribution in [2.24, 2.45) is 0 Å². The largest absolute Gasteiger partial charge is 0.394 e. The Morgan fingerprint density at radius 2 is 1.83 bits per heavy atom. The van der Waals surface area contributed by atoms with Gasteiger partial charge in [-0.15, -0.1) is 0 Å². The number of hydrogen-bond acceptors (Lipinski definition) is 6. The minimum atomic E-state index is -1.59. The second-order valence-corrected chi connectivity index (χ2v) is 2.95. The molecule has 0 radical (unpaired) electrons. The Hall–Kier alpha value is -0.140. The predicted octanol–water partition coefficient (Wildman–Crippen LogP) is -2.44. The van der Waals surface area contributed by atoms with Crippen molar-refractivity contribution in [3.63, 3.8) is 0 Å². The number of carbonyl (C=O) groups is 1. The zero-order valence-electron chi connectivity index (χ0n) is 6.24. The third kappa shape index (κ3) is 3.08. The summed E-state index contributed by atoms with van der Waals surface area (Å²) < 4.78 is 0. The summed E-state index contributed by atoms with van der Waals surface area (Å²) in [5.41, 5.74) is 0. The maximum atomic E-state index is 9.97. The minimum Gasteiger partial charge on any atom is -0.394 e.